The number of piperazine rings is 1. The number of hydrogen-bond acceptors (Lipinski definition) is 5. The van der Waals surface area contributed by atoms with Crippen LogP contribution in [0.1, 0.15) is 12.0 Å². The zero-order valence-electron chi connectivity index (χ0n) is 18.3. The van der Waals surface area contributed by atoms with Crippen molar-refractivity contribution in [1.29, 1.82) is 0 Å². The van der Waals surface area contributed by atoms with Gasteiger partial charge in [0.25, 0.3) is 0 Å². The van der Waals surface area contributed by atoms with Gasteiger partial charge in [-0.15, -0.1) is 0 Å². The highest BCUT2D eigenvalue weighted by Gasteiger charge is 2.49. The summed E-state index contributed by atoms with van der Waals surface area (Å²) < 4.78 is 0. The van der Waals surface area contributed by atoms with E-state index >= 15 is 0 Å². The molecule has 6 rings (SSSR count). The molecule has 168 valence electrons. The minimum atomic E-state index is -0.267. The molecule has 9 heteroatoms. The van der Waals surface area contributed by atoms with Crippen LogP contribution in [0.25, 0.3) is 21.8 Å². The Morgan fingerprint density at radius 3 is 2.61 bits per heavy atom. The van der Waals surface area contributed by atoms with Crippen LogP contribution in [0.4, 0.5) is 11.4 Å². The number of H-pyrrole nitrogens is 2. The second-order valence-electron chi connectivity index (χ2n) is 8.98. The third kappa shape index (κ3) is 3.49. The summed E-state index contributed by atoms with van der Waals surface area (Å²) in [6, 6.07) is 10.2. The molecule has 0 radical (unpaired) electrons. The predicted octanol–water partition coefficient (Wildman–Crippen LogP) is 2.67. The summed E-state index contributed by atoms with van der Waals surface area (Å²) in [5.41, 5.74) is 4.69. The van der Waals surface area contributed by atoms with E-state index in [1.807, 2.05) is 36.2 Å². The third-order valence-electron chi connectivity index (χ3n) is 6.90. The quantitative estimate of drug-likeness (QED) is 0.449. The first-order valence-corrected chi connectivity index (χ1v) is 11.3. The molecular weight excluding hydrogens is 418 g/mol. The first kappa shape index (κ1) is 19.8. The molecule has 2 amide bonds. The van der Waals surface area contributed by atoms with Crippen LogP contribution in [0.15, 0.2) is 42.7 Å². The van der Waals surface area contributed by atoms with Crippen molar-refractivity contribution < 1.29 is 9.59 Å². The molecule has 4 aromatic rings. The number of carbonyl (C=O) groups is 2. The molecule has 0 spiro atoms. The Hall–Kier alpha value is -3.88. The Morgan fingerprint density at radius 2 is 1.76 bits per heavy atom. The molecule has 2 aromatic heterocycles. The zero-order chi connectivity index (χ0) is 22.5. The van der Waals surface area contributed by atoms with Crippen molar-refractivity contribution in [2.45, 2.75) is 13.3 Å². The monoisotopic (exact) mass is 443 g/mol. The van der Waals surface area contributed by atoms with Gasteiger partial charge in [-0.3, -0.25) is 19.8 Å². The summed E-state index contributed by atoms with van der Waals surface area (Å²) >= 11 is 0. The van der Waals surface area contributed by atoms with Gasteiger partial charge in [-0.1, -0.05) is 12.1 Å². The second kappa shape index (κ2) is 7.61. The van der Waals surface area contributed by atoms with Crippen LogP contribution in [0.5, 0.6) is 0 Å². The number of carbonyl (C=O) groups excluding carboxylic acids is 2. The summed E-state index contributed by atoms with van der Waals surface area (Å²) in [4.78, 5) is 30.1. The zero-order valence-corrected chi connectivity index (χ0v) is 18.3. The maximum Gasteiger partial charge on any atom is 0.228 e. The standard InChI is InChI=1S/C24H25N7O2/c1-14-2-3-15-12-26-29-22(15)21(14)27-23(32)18-11-19(18)24(33)31-8-6-30(7-9-31)17-4-5-20-16(10-17)13-25-28-20/h2-5,10,12-13,18-19H,6-9,11H2,1H3,(H,25,28)(H,26,29)(H,27,32)/t18-,19+/m1/s1. The van der Waals surface area contributed by atoms with E-state index in [9.17, 15) is 9.59 Å². The summed E-state index contributed by atoms with van der Waals surface area (Å²) in [6.07, 6.45) is 4.17. The molecule has 33 heavy (non-hydrogen) atoms. The molecule has 0 unspecified atom stereocenters. The van der Waals surface area contributed by atoms with Crippen LogP contribution in [-0.2, 0) is 9.59 Å². The molecule has 9 nitrogen and oxygen atoms in total. The molecule has 3 heterocycles. The number of rotatable bonds is 4. The van der Waals surface area contributed by atoms with E-state index in [0.717, 1.165) is 51.8 Å². The molecular formula is C24H25N7O2. The fourth-order valence-electron chi connectivity index (χ4n) is 4.80. The lowest BCUT2D eigenvalue weighted by atomic mass is 10.1. The van der Waals surface area contributed by atoms with Crippen LogP contribution in [0, 0.1) is 18.8 Å². The summed E-state index contributed by atoms with van der Waals surface area (Å²) in [6.45, 7) is 4.84. The molecule has 1 saturated carbocycles. The number of hydrogen-bond donors (Lipinski definition) is 3. The van der Waals surface area contributed by atoms with Crippen molar-refractivity contribution >= 4 is 45.0 Å². The highest BCUT2D eigenvalue weighted by atomic mass is 16.2. The largest absolute Gasteiger partial charge is 0.368 e. The molecule has 1 aliphatic heterocycles. The van der Waals surface area contributed by atoms with Gasteiger partial charge < -0.3 is 15.1 Å². The van der Waals surface area contributed by atoms with Crippen LogP contribution in [0.3, 0.4) is 0 Å². The number of aromatic nitrogens is 4. The summed E-state index contributed by atoms with van der Waals surface area (Å²) in [5, 5.41) is 19.1. The first-order chi connectivity index (χ1) is 16.1. The van der Waals surface area contributed by atoms with Crippen molar-refractivity contribution in [3.8, 4) is 0 Å². The van der Waals surface area contributed by atoms with E-state index in [-0.39, 0.29) is 23.7 Å². The summed E-state index contributed by atoms with van der Waals surface area (Å²) in [5.74, 6) is -0.487. The Bertz CT molecular complexity index is 1370. The molecule has 2 fully saturated rings. The van der Waals surface area contributed by atoms with Crippen molar-refractivity contribution in [3.63, 3.8) is 0 Å². The SMILES string of the molecule is Cc1ccc2cn[nH]c2c1NC(=O)[C@@H]1C[C@@H]1C(=O)N1CCN(c2ccc3[nH]ncc3c2)CC1. The fraction of sp³-hybridized carbons (Fsp3) is 0.333. The minimum Gasteiger partial charge on any atom is -0.368 e. The maximum absolute atomic E-state index is 13.0. The molecule has 2 atom stereocenters. The number of nitrogens with zero attached hydrogens (tertiary/aromatic N) is 4. The first-order valence-electron chi connectivity index (χ1n) is 11.3. The Labute approximate surface area is 190 Å². The Kier molecular flexibility index (Phi) is 4.56. The van der Waals surface area contributed by atoms with Gasteiger partial charge in [-0.05, 0) is 37.1 Å². The van der Waals surface area contributed by atoms with Crippen LogP contribution in [-0.4, -0.2) is 63.3 Å². The molecule has 1 aliphatic carbocycles. The van der Waals surface area contributed by atoms with Gasteiger partial charge in [0, 0.05) is 42.6 Å². The van der Waals surface area contributed by atoms with Gasteiger partial charge in [0.2, 0.25) is 11.8 Å². The van der Waals surface area contributed by atoms with E-state index < -0.39 is 0 Å². The number of aromatic amines is 2. The van der Waals surface area contributed by atoms with Crippen LogP contribution < -0.4 is 10.2 Å². The molecule has 2 aromatic carbocycles. The lowest BCUT2D eigenvalue weighted by molar-refractivity contribution is -0.134. The Balaban J connectivity index is 1.07. The van der Waals surface area contributed by atoms with Crippen LogP contribution in [0.2, 0.25) is 0 Å². The third-order valence-corrected chi connectivity index (χ3v) is 6.90. The maximum atomic E-state index is 13.0. The normalized spacial score (nSPS) is 20.4. The van der Waals surface area contributed by atoms with E-state index in [0.29, 0.717) is 19.5 Å². The summed E-state index contributed by atoms with van der Waals surface area (Å²) in [7, 11) is 0. The van der Waals surface area contributed by atoms with Gasteiger partial charge in [0.05, 0.1) is 41.0 Å². The average molecular weight is 444 g/mol. The second-order valence-corrected chi connectivity index (χ2v) is 8.98. The van der Waals surface area contributed by atoms with Crippen molar-refractivity contribution in [1.82, 2.24) is 25.3 Å². The minimum absolute atomic E-state index is 0.0920. The average Bonchev–Trinajstić information content (AvgIpc) is 3.25. The highest BCUT2D eigenvalue weighted by Crippen LogP contribution is 2.41. The van der Waals surface area contributed by atoms with Crippen molar-refractivity contribution in [2.24, 2.45) is 11.8 Å². The van der Waals surface area contributed by atoms with Crippen molar-refractivity contribution in [2.75, 3.05) is 36.4 Å². The van der Waals surface area contributed by atoms with E-state index in [2.05, 4.69) is 42.7 Å². The molecule has 3 N–H and O–H groups in total. The van der Waals surface area contributed by atoms with Gasteiger partial charge in [0.15, 0.2) is 0 Å². The molecule has 0 bridgehead atoms. The van der Waals surface area contributed by atoms with Gasteiger partial charge in [-0.2, -0.15) is 10.2 Å². The van der Waals surface area contributed by atoms with E-state index in [1.54, 1.807) is 6.20 Å². The van der Waals surface area contributed by atoms with Gasteiger partial charge in [-0.25, -0.2) is 0 Å². The van der Waals surface area contributed by atoms with Gasteiger partial charge in [0.1, 0.15) is 0 Å². The Morgan fingerprint density at radius 1 is 0.970 bits per heavy atom. The smallest absolute Gasteiger partial charge is 0.228 e. The van der Waals surface area contributed by atoms with E-state index in [1.165, 1.54) is 0 Å². The number of benzene rings is 2. The fourth-order valence-corrected chi connectivity index (χ4v) is 4.80. The lowest BCUT2D eigenvalue weighted by Gasteiger charge is -2.36. The lowest BCUT2D eigenvalue weighted by Crippen LogP contribution is -2.49. The van der Waals surface area contributed by atoms with Crippen LogP contribution >= 0.6 is 0 Å². The topological polar surface area (TPSA) is 110 Å². The molecule has 1 saturated heterocycles. The number of aryl methyl sites for hydroxylation is 1. The van der Waals surface area contributed by atoms with Gasteiger partial charge >= 0.3 is 0 Å². The number of nitrogens with one attached hydrogen (secondary N) is 3. The number of amides is 2. The molecule has 2 aliphatic rings. The number of anilines is 2. The predicted molar refractivity (Wildman–Crippen MR) is 126 cm³/mol. The van der Waals surface area contributed by atoms with Crippen molar-refractivity contribution in [3.05, 3.63) is 48.3 Å². The van der Waals surface area contributed by atoms with E-state index in [4.69, 9.17) is 0 Å². The number of fused-ring (bicyclic) bond motifs is 2. The highest BCUT2D eigenvalue weighted by molar-refractivity contribution is 6.05.